The van der Waals surface area contributed by atoms with Crippen molar-refractivity contribution in [3.8, 4) is 0 Å². The van der Waals surface area contributed by atoms with Crippen molar-refractivity contribution >= 4 is 6.09 Å². The van der Waals surface area contributed by atoms with Gasteiger partial charge in [-0.05, 0) is 11.6 Å². The molecule has 0 saturated heterocycles. The van der Waals surface area contributed by atoms with Crippen LogP contribution in [0.25, 0.3) is 0 Å². The number of hydrogen-bond acceptors (Lipinski definition) is 3. The van der Waals surface area contributed by atoms with Crippen molar-refractivity contribution in [3.05, 3.63) is 53.9 Å². The van der Waals surface area contributed by atoms with Gasteiger partial charge in [0.15, 0.2) is 0 Å². The summed E-state index contributed by atoms with van der Waals surface area (Å²) in [6.07, 6.45) is 1.99. The molecule has 1 aromatic carbocycles. The zero-order valence-corrected chi connectivity index (χ0v) is 9.93. The lowest BCUT2D eigenvalue weighted by molar-refractivity contribution is 0.140. The molecule has 0 aliphatic rings. The van der Waals surface area contributed by atoms with E-state index in [1.807, 2.05) is 36.4 Å². The number of alkyl carbamates (subject to hydrolysis) is 1. The average Bonchev–Trinajstić information content (AvgIpc) is 2.91. The van der Waals surface area contributed by atoms with Crippen LogP contribution >= 0.6 is 0 Å². The molecule has 0 bridgehead atoms. The number of aromatic nitrogens is 2. The highest BCUT2D eigenvalue weighted by Gasteiger charge is 2.02. The fraction of sp³-hybridized carbons (Fsp3) is 0.231. The number of ether oxygens (including phenoxy) is 1. The second kappa shape index (κ2) is 6.44. The van der Waals surface area contributed by atoms with Gasteiger partial charge in [0.2, 0.25) is 0 Å². The lowest BCUT2D eigenvalue weighted by Gasteiger charge is -2.06. The van der Waals surface area contributed by atoms with E-state index in [-0.39, 0.29) is 6.61 Å². The van der Waals surface area contributed by atoms with Crippen LogP contribution in [0.1, 0.15) is 11.3 Å². The molecule has 5 heteroatoms. The van der Waals surface area contributed by atoms with Crippen molar-refractivity contribution in [2.24, 2.45) is 0 Å². The second-order valence-electron chi connectivity index (χ2n) is 3.82. The average molecular weight is 245 g/mol. The molecule has 0 radical (unpaired) electrons. The predicted molar refractivity (Wildman–Crippen MR) is 66.9 cm³/mol. The summed E-state index contributed by atoms with van der Waals surface area (Å²) in [4.78, 5) is 11.4. The number of amides is 1. The van der Waals surface area contributed by atoms with Crippen LogP contribution in [0.3, 0.4) is 0 Å². The molecule has 5 nitrogen and oxygen atoms in total. The summed E-state index contributed by atoms with van der Waals surface area (Å²) in [6.45, 7) is 0.812. The fourth-order valence-corrected chi connectivity index (χ4v) is 1.50. The number of H-pyrrole nitrogens is 1. The monoisotopic (exact) mass is 245 g/mol. The Labute approximate surface area is 105 Å². The van der Waals surface area contributed by atoms with Crippen LogP contribution in [-0.4, -0.2) is 22.8 Å². The van der Waals surface area contributed by atoms with Gasteiger partial charge in [0, 0.05) is 24.9 Å². The highest BCUT2D eigenvalue weighted by molar-refractivity contribution is 5.67. The number of carbonyl (C=O) groups excluding carboxylic acids is 1. The number of rotatable bonds is 5. The third kappa shape index (κ3) is 3.93. The molecule has 0 aliphatic heterocycles. The maximum atomic E-state index is 11.4. The Hall–Kier alpha value is -2.30. The van der Waals surface area contributed by atoms with E-state index >= 15 is 0 Å². The summed E-state index contributed by atoms with van der Waals surface area (Å²) in [7, 11) is 0. The molecule has 2 N–H and O–H groups in total. The number of benzene rings is 1. The Morgan fingerprint density at radius 1 is 1.28 bits per heavy atom. The van der Waals surface area contributed by atoms with Gasteiger partial charge in [-0.15, -0.1) is 0 Å². The quantitative estimate of drug-likeness (QED) is 0.845. The summed E-state index contributed by atoms with van der Waals surface area (Å²) in [5.41, 5.74) is 1.96. The lowest BCUT2D eigenvalue weighted by atomic mass is 10.2. The van der Waals surface area contributed by atoms with Gasteiger partial charge in [0.05, 0.1) is 0 Å². The lowest BCUT2D eigenvalue weighted by Crippen LogP contribution is -2.26. The molecule has 94 valence electrons. The highest BCUT2D eigenvalue weighted by Crippen LogP contribution is 2.00. The first-order valence-corrected chi connectivity index (χ1v) is 5.77. The molecule has 1 aromatic heterocycles. The molecular formula is C13H15N3O2. The molecule has 0 spiro atoms. The molecular weight excluding hydrogens is 230 g/mol. The molecule has 0 aliphatic carbocycles. The smallest absolute Gasteiger partial charge is 0.407 e. The molecule has 2 rings (SSSR count). The van der Waals surface area contributed by atoms with Crippen LogP contribution in [0, 0.1) is 0 Å². The van der Waals surface area contributed by atoms with Gasteiger partial charge in [-0.1, -0.05) is 30.3 Å². The summed E-state index contributed by atoms with van der Waals surface area (Å²) >= 11 is 0. The third-order valence-electron chi connectivity index (χ3n) is 2.43. The van der Waals surface area contributed by atoms with E-state index in [2.05, 4.69) is 15.5 Å². The minimum atomic E-state index is -0.404. The van der Waals surface area contributed by atoms with Gasteiger partial charge in [0.1, 0.15) is 6.61 Å². The summed E-state index contributed by atoms with van der Waals surface area (Å²) in [6, 6.07) is 11.4. The van der Waals surface area contributed by atoms with Crippen molar-refractivity contribution in [2.75, 3.05) is 6.54 Å². The van der Waals surface area contributed by atoms with Gasteiger partial charge >= 0.3 is 6.09 Å². The Balaban J connectivity index is 1.63. The van der Waals surface area contributed by atoms with Crippen molar-refractivity contribution in [2.45, 2.75) is 13.0 Å². The normalized spacial score (nSPS) is 10.0. The number of nitrogens with one attached hydrogen (secondary N) is 2. The van der Waals surface area contributed by atoms with Crippen molar-refractivity contribution in [1.29, 1.82) is 0 Å². The van der Waals surface area contributed by atoms with Crippen LogP contribution < -0.4 is 5.32 Å². The maximum Gasteiger partial charge on any atom is 0.407 e. The van der Waals surface area contributed by atoms with Gasteiger partial charge in [-0.25, -0.2) is 4.79 Å². The first-order chi connectivity index (χ1) is 8.84. The maximum absolute atomic E-state index is 11.4. The number of hydrogen-bond donors (Lipinski definition) is 2. The molecule has 18 heavy (non-hydrogen) atoms. The molecule has 1 amide bonds. The van der Waals surface area contributed by atoms with Crippen LogP contribution in [-0.2, 0) is 17.8 Å². The minimum absolute atomic E-state index is 0.288. The van der Waals surface area contributed by atoms with E-state index in [0.29, 0.717) is 13.0 Å². The number of aromatic amines is 1. The third-order valence-corrected chi connectivity index (χ3v) is 2.43. The largest absolute Gasteiger partial charge is 0.445 e. The predicted octanol–water partition coefficient (Wildman–Crippen LogP) is 1.88. The second-order valence-corrected chi connectivity index (χ2v) is 3.82. The van der Waals surface area contributed by atoms with E-state index in [4.69, 9.17) is 4.74 Å². The van der Waals surface area contributed by atoms with Gasteiger partial charge in [-0.2, -0.15) is 5.10 Å². The molecule has 0 unspecified atom stereocenters. The molecule has 1 heterocycles. The number of carbonyl (C=O) groups is 1. The van der Waals surface area contributed by atoms with Gasteiger partial charge in [-0.3, -0.25) is 5.10 Å². The van der Waals surface area contributed by atoms with Crippen LogP contribution in [0.4, 0.5) is 4.79 Å². The summed E-state index contributed by atoms with van der Waals surface area (Å²) in [5, 5.41) is 9.34. The topological polar surface area (TPSA) is 67.0 Å². The van der Waals surface area contributed by atoms with Crippen molar-refractivity contribution in [3.63, 3.8) is 0 Å². The van der Waals surface area contributed by atoms with Crippen LogP contribution in [0.2, 0.25) is 0 Å². The molecule has 0 fully saturated rings. The van der Waals surface area contributed by atoms with E-state index in [1.54, 1.807) is 6.20 Å². The molecule has 0 saturated carbocycles. The van der Waals surface area contributed by atoms with E-state index in [0.717, 1.165) is 11.3 Å². The Morgan fingerprint density at radius 3 is 2.83 bits per heavy atom. The van der Waals surface area contributed by atoms with Crippen molar-refractivity contribution in [1.82, 2.24) is 15.5 Å². The Morgan fingerprint density at radius 2 is 2.11 bits per heavy atom. The van der Waals surface area contributed by atoms with E-state index < -0.39 is 6.09 Å². The first kappa shape index (κ1) is 12.2. The summed E-state index contributed by atoms with van der Waals surface area (Å²) in [5.74, 6) is 0. The fourth-order valence-electron chi connectivity index (χ4n) is 1.50. The molecule has 2 aromatic rings. The Kier molecular flexibility index (Phi) is 4.35. The van der Waals surface area contributed by atoms with Crippen molar-refractivity contribution < 1.29 is 9.53 Å². The standard InChI is InChI=1S/C13H15N3O2/c17-13(14-8-6-12-7-9-15-16-12)18-10-11-4-2-1-3-5-11/h1-5,7,9H,6,8,10H2,(H,14,17)(H,15,16). The van der Waals surface area contributed by atoms with Crippen LogP contribution in [0.5, 0.6) is 0 Å². The first-order valence-electron chi connectivity index (χ1n) is 5.77. The summed E-state index contributed by atoms with van der Waals surface area (Å²) < 4.78 is 5.07. The Bertz CT molecular complexity index is 468. The highest BCUT2D eigenvalue weighted by atomic mass is 16.5. The van der Waals surface area contributed by atoms with Gasteiger partial charge < -0.3 is 10.1 Å². The zero-order valence-electron chi connectivity index (χ0n) is 9.93. The molecule has 0 atom stereocenters. The van der Waals surface area contributed by atoms with E-state index in [1.165, 1.54) is 0 Å². The minimum Gasteiger partial charge on any atom is -0.445 e. The van der Waals surface area contributed by atoms with E-state index in [9.17, 15) is 4.79 Å². The van der Waals surface area contributed by atoms with Crippen LogP contribution in [0.15, 0.2) is 42.6 Å². The SMILES string of the molecule is O=C(NCCc1ccn[nH]1)OCc1ccccc1. The van der Waals surface area contributed by atoms with Gasteiger partial charge in [0.25, 0.3) is 0 Å². The number of nitrogens with zero attached hydrogens (tertiary/aromatic N) is 1. The zero-order chi connectivity index (χ0) is 12.6.